The summed E-state index contributed by atoms with van der Waals surface area (Å²) in [7, 11) is 0. The van der Waals surface area contributed by atoms with Crippen molar-refractivity contribution < 1.29 is 24.2 Å². The first-order chi connectivity index (χ1) is 16.4. The average Bonchev–Trinajstić information content (AvgIpc) is 3.16. The van der Waals surface area contributed by atoms with Crippen molar-refractivity contribution in [3.8, 4) is 11.1 Å². The molecule has 7 heteroatoms. The topological polar surface area (TPSA) is 95.9 Å². The number of carboxylic acids is 1. The Bertz CT molecular complexity index is 976. The maximum absolute atomic E-state index is 13.2. The highest BCUT2D eigenvalue weighted by Crippen LogP contribution is 2.44. The summed E-state index contributed by atoms with van der Waals surface area (Å²) in [5.41, 5.74) is 4.56. The first kappa shape index (κ1) is 25.3. The van der Waals surface area contributed by atoms with Crippen molar-refractivity contribution in [1.82, 2.24) is 10.2 Å². The van der Waals surface area contributed by atoms with Gasteiger partial charge >= 0.3 is 12.1 Å². The van der Waals surface area contributed by atoms with Crippen molar-refractivity contribution in [3.05, 3.63) is 59.7 Å². The molecule has 0 bridgehead atoms. The van der Waals surface area contributed by atoms with E-state index in [1.165, 1.54) is 0 Å². The van der Waals surface area contributed by atoms with Gasteiger partial charge in [0.1, 0.15) is 12.6 Å². The molecule has 0 saturated heterocycles. The number of hydrogen-bond donors (Lipinski definition) is 2. The van der Waals surface area contributed by atoms with Gasteiger partial charge in [-0.25, -0.2) is 4.79 Å². The Morgan fingerprint density at radius 1 is 1.03 bits per heavy atom. The lowest BCUT2D eigenvalue weighted by molar-refractivity contribution is -0.138. The van der Waals surface area contributed by atoms with Gasteiger partial charge in [0, 0.05) is 25.4 Å². The standard InChI is InChI=1S/C27H34N2O5/c1-4-18(3)25(26(32)29(5-2)16-10-15-24(30)31)28-27(33)34-17-23-21-13-8-6-11-19(21)20-12-7-9-14-22(20)23/h6-9,11-14,18,23,25H,4-5,10,15-17H2,1-3H3,(H,28,33)(H,30,31)/t18?,25-/m0/s1. The van der Waals surface area contributed by atoms with Crippen molar-refractivity contribution in [2.24, 2.45) is 5.92 Å². The third-order valence-electron chi connectivity index (χ3n) is 6.61. The molecule has 2 atom stereocenters. The molecule has 34 heavy (non-hydrogen) atoms. The van der Waals surface area contributed by atoms with Gasteiger partial charge in [-0.1, -0.05) is 68.8 Å². The SMILES string of the molecule is CCC(C)[C@H](NC(=O)OCC1c2ccccc2-c2ccccc21)C(=O)N(CC)CCCC(=O)O. The highest BCUT2D eigenvalue weighted by molar-refractivity contribution is 5.86. The molecule has 0 fully saturated rings. The number of benzene rings is 2. The number of amides is 2. The van der Waals surface area contributed by atoms with E-state index in [1.807, 2.05) is 45.0 Å². The molecule has 2 N–H and O–H groups in total. The lowest BCUT2D eigenvalue weighted by Gasteiger charge is -2.30. The van der Waals surface area contributed by atoms with E-state index in [4.69, 9.17) is 9.84 Å². The highest BCUT2D eigenvalue weighted by Gasteiger charge is 2.32. The summed E-state index contributed by atoms with van der Waals surface area (Å²) < 4.78 is 5.64. The number of hydrogen-bond acceptors (Lipinski definition) is 4. The summed E-state index contributed by atoms with van der Waals surface area (Å²) in [6, 6.07) is 15.5. The quantitative estimate of drug-likeness (QED) is 0.502. The first-order valence-corrected chi connectivity index (χ1v) is 12.0. The van der Waals surface area contributed by atoms with Crippen molar-refractivity contribution >= 4 is 18.0 Å². The molecule has 1 unspecified atom stereocenters. The number of fused-ring (bicyclic) bond motifs is 3. The second-order valence-electron chi connectivity index (χ2n) is 8.75. The number of likely N-dealkylation sites (N-methyl/N-ethyl adjacent to an activating group) is 1. The third kappa shape index (κ3) is 5.76. The zero-order valence-corrected chi connectivity index (χ0v) is 20.1. The lowest BCUT2D eigenvalue weighted by atomic mass is 9.97. The minimum atomic E-state index is -0.890. The fraction of sp³-hybridized carbons (Fsp3) is 0.444. The molecular formula is C27H34N2O5. The molecule has 3 rings (SSSR count). The fourth-order valence-corrected chi connectivity index (χ4v) is 4.49. The molecule has 2 aromatic carbocycles. The molecule has 1 aliphatic carbocycles. The van der Waals surface area contributed by atoms with Gasteiger partial charge in [0.05, 0.1) is 0 Å². The first-order valence-electron chi connectivity index (χ1n) is 12.0. The summed E-state index contributed by atoms with van der Waals surface area (Å²) in [6.07, 6.45) is 0.444. The van der Waals surface area contributed by atoms with Gasteiger partial charge in [0.15, 0.2) is 0 Å². The van der Waals surface area contributed by atoms with Crippen LogP contribution in [0.4, 0.5) is 4.79 Å². The van der Waals surface area contributed by atoms with Gasteiger partial charge in [-0.2, -0.15) is 0 Å². The van der Waals surface area contributed by atoms with Crippen LogP contribution >= 0.6 is 0 Å². The number of nitrogens with one attached hydrogen (secondary N) is 1. The van der Waals surface area contributed by atoms with E-state index in [0.29, 0.717) is 25.9 Å². The minimum Gasteiger partial charge on any atom is -0.481 e. The summed E-state index contributed by atoms with van der Waals surface area (Å²) in [4.78, 5) is 38.4. The maximum Gasteiger partial charge on any atom is 0.407 e. The monoisotopic (exact) mass is 466 g/mol. The van der Waals surface area contributed by atoms with Gasteiger partial charge < -0.3 is 20.1 Å². The molecule has 7 nitrogen and oxygen atoms in total. The molecule has 182 valence electrons. The van der Waals surface area contributed by atoms with Crippen LogP contribution in [-0.2, 0) is 14.3 Å². The van der Waals surface area contributed by atoms with Crippen LogP contribution in [0.3, 0.4) is 0 Å². The molecule has 1 aliphatic rings. The average molecular weight is 467 g/mol. The number of carboxylic acid groups (broad SMARTS) is 1. The number of carbonyl (C=O) groups excluding carboxylic acids is 2. The van der Waals surface area contributed by atoms with Crippen LogP contribution in [-0.4, -0.2) is 53.7 Å². The molecule has 0 spiro atoms. The van der Waals surface area contributed by atoms with Crippen LogP contribution in [0, 0.1) is 5.92 Å². The maximum atomic E-state index is 13.2. The van der Waals surface area contributed by atoms with Gasteiger partial charge in [-0.15, -0.1) is 0 Å². The molecular weight excluding hydrogens is 432 g/mol. The Hall–Kier alpha value is -3.35. The van der Waals surface area contributed by atoms with Gasteiger partial charge in [0.2, 0.25) is 5.91 Å². The van der Waals surface area contributed by atoms with Crippen molar-refractivity contribution in [2.75, 3.05) is 19.7 Å². The van der Waals surface area contributed by atoms with E-state index in [1.54, 1.807) is 4.90 Å². The summed E-state index contributed by atoms with van der Waals surface area (Å²) in [5, 5.41) is 11.7. The summed E-state index contributed by atoms with van der Waals surface area (Å²) in [6.45, 7) is 6.68. The molecule has 0 heterocycles. The predicted molar refractivity (Wildman–Crippen MR) is 131 cm³/mol. The summed E-state index contributed by atoms with van der Waals surface area (Å²) >= 11 is 0. The zero-order chi connectivity index (χ0) is 24.7. The number of ether oxygens (including phenoxy) is 1. The summed E-state index contributed by atoms with van der Waals surface area (Å²) in [5.74, 6) is -1.25. The van der Waals surface area contributed by atoms with E-state index in [-0.39, 0.29) is 30.8 Å². The number of rotatable bonds is 11. The number of carbonyl (C=O) groups is 3. The predicted octanol–water partition coefficient (Wildman–Crippen LogP) is 4.65. The largest absolute Gasteiger partial charge is 0.481 e. The molecule has 0 aromatic heterocycles. The van der Waals surface area contributed by atoms with Crippen LogP contribution in [0.5, 0.6) is 0 Å². The molecule has 2 aromatic rings. The van der Waals surface area contributed by atoms with Crippen LogP contribution in [0.25, 0.3) is 11.1 Å². The minimum absolute atomic E-state index is 0.00240. The van der Waals surface area contributed by atoms with Gasteiger partial charge in [0.25, 0.3) is 0 Å². The Labute approximate surface area is 201 Å². The molecule has 2 amide bonds. The normalized spacial score (nSPS) is 14.0. The Morgan fingerprint density at radius 2 is 1.62 bits per heavy atom. The number of aliphatic carboxylic acids is 1. The van der Waals surface area contributed by atoms with Crippen LogP contribution in [0.2, 0.25) is 0 Å². The van der Waals surface area contributed by atoms with Crippen molar-refractivity contribution in [2.45, 2.75) is 52.0 Å². The highest BCUT2D eigenvalue weighted by atomic mass is 16.5. The van der Waals surface area contributed by atoms with E-state index < -0.39 is 18.1 Å². The van der Waals surface area contributed by atoms with Gasteiger partial charge in [-0.3, -0.25) is 9.59 Å². The van der Waals surface area contributed by atoms with Crippen molar-refractivity contribution in [3.63, 3.8) is 0 Å². The third-order valence-corrected chi connectivity index (χ3v) is 6.61. The Balaban J connectivity index is 1.66. The lowest BCUT2D eigenvalue weighted by Crippen LogP contribution is -2.52. The van der Waals surface area contributed by atoms with E-state index >= 15 is 0 Å². The Kier molecular flexibility index (Phi) is 8.68. The second kappa shape index (κ2) is 11.7. The van der Waals surface area contributed by atoms with Crippen LogP contribution in [0.15, 0.2) is 48.5 Å². The fourth-order valence-electron chi connectivity index (χ4n) is 4.49. The number of nitrogens with zero attached hydrogens (tertiary/aromatic N) is 1. The molecule has 0 saturated carbocycles. The van der Waals surface area contributed by atoms with Crippen LogP contribution < -0.4 is 5.32 Å². The molecule has 0 aliphatic heterocycles. The van der Waals surface area contributed by atoms with Crippen molar-refractivity contribution in [1.29, 1.82) is 0 Å². The van der Waals surface area contributed by atoms with Gasteiger partial charge in [-0.05, 0) is 41.5 Å². The van der Waals surface area contributed by atoms with E-state index in [0.717, 1.165) is 22.3 Å². The van der Waals surface area contributed by atoms with Crippen LogP contribution in [0.1, 0.15) is 57.1 Å². The van der Waals surface area contributed by atoms with E-state index in [9.17, 15) is 14.4 Å². The Morgan fingerprint density at radius 3 is 2.15 bits per heavy atom. The molecule has 0 radical (unpaired) electrons. The van der Waals surface area contributed by atoms with E-state index in [2.05, 4.69) is 29.6 Å². The smallest absolute Gasteiger partial charge is 0.407 e. The number of alkyl carbamates (subject to hydrolysis) is 1. The zero-order valence-electron chi connectivity index (χ0n) is 20.1. The second-order valence-corrected chi connectivity index (χ2v) is 8.75.